The minimum Gasteiger partial charge on any atom is -0.352 e. The smallest absolute Gasteiger partial charge is 0.261 e. The Morgan fingerprint density at radius 1 is 1.08 bits per heavy atom. The van der Waals surface area contributed by atoms with Gasteiger partial charge < -0.3 is 15.6 Å². The molecule has 2 aromatic heterocycles. The van der Waals surface area contributed by atoms with E-state index in [1.807, 2.05) is 31.2 Å². The van der Waals surface area contributed by atoms with Crippen molar-refractivity contribution in [2.45, 2.75) is 6.92 Å². The number of pyridine rings is 1. The number of nitrogens with one attached hydrogen (secondary N) is 3. The Bertz CT molecular complexity index is 953. The Hall–Kier alpha value is -3.48. The van der Waals surface area contributed by atoms with Gasteiger partial charge in [0.05, 0.1) is 0 Å². The lowest BCUT2D eigenvalue weighted by Gasteiger charge is -2.07. The topological polar surface area (TPSA) is 99.8 Å². The van der Waals surface area contributed by atoms with Crippen LogP contribution in [0.3, 0.4) is 0 Å². The van der Waals surface area contributed by atoms with Crippen LogP contribution in [0.15, 0.2) is 59.7 Å². The standard InChI is InChI=1S/C19H19N5O2/c1-13-4-2-5-14(12-13)16-7-6-15(18(26)24-16)17(25)20-10-11-23-19-21-8-3-9-22-19/h2-9,12H,10-11H2,1H3,(H,20,25)(H,24,26)(H,21,22,23). The maximum absolute atomic E-state index is 12.2. The predicted octanol–water partition coefficient (Wildman–Crippen LogP) is 1.98. The summed E-state index contributed by atoms with van der Waals surface area (Å²) in [7, 11) is 0. The van der Waals surface area contributed by atoms with Crippen LogP contribution in [0.25, 0.3) is 11.3 Å². The second kappa shape index (κ2) is 8.06. The normalized spacial score (nSPS) is 10.3. The predicted molar refractivity (Wildman–Crippen MR) is 100 cm³/mol. The number of hydrogen-bond acceptors (Lipinski definition) is 5. The van der Waals surface area contributed by atoms with Crippen molar-refractivity contribution in [3.8, 4) is 11.3 Å². The molecule has 3 N–H and O–H groups in total. The van der Waals surface area contributed by atoms with E-state index in [1.165, 1.54) is 0 Å². The lowest BCUT2D eigenvalue weighted by atomic mass is 10.1. The van der Waals surface area contributed by atoms with Gasteiger partial charge in [0, 0.05) is 31.2 Å². The van der Waals surface area contributed by atoms with Gasteiger partial charge in [-0.2, -0.15) is 0 Å². The van der Waals surface area contributed by atoms with Gasteiger partial charge in [-0.25, -0.2) is 9.97 Å². The third kappa shape index (κ3) is 4.32. The Kier molecular flexibility index (Phi) is 5.38. The summed E-state index contributed by atoms with van der Waals surface area (Å²) in [6, 6.07) is 12.8. The average molecular weight is 349 g/mol. The van der Waals surface area contributed by atoms with Crippen molar-refractivity contribution in [3.63, 3.8) is 0 Å². The first-order valence-electron chi connectivity index (χ1n) is 8.23. The van der Waals surface area contributed by atoms with Crippen molar-refractivity contribution >= 4 is 11.9 Å². The van der Waals surface area contributed by atoms with Gasteiger partial charge in [0.25, 0.3) is 11.5 Å². The average Bonchev–Trinajstić information content (AvgIpc) is 2.66. The van der Waals surface area contributed by atoms with Crippen molar-refractivity contribution < 1.29 is 4.79 Å². The summed E-state index contributed by atoms with van der Waals surface area (Å²) in [6.07, 6.45) is 3.26. The van der Waals surface area contributed by atoms with Gasteiger partial charge in [0.1, 0.15) is 5.56 Å². The van der Waals surface area contributed by atoms with Gasteiger partial charge in [-0.1, -0.05) is 23.8 Å². The van der Waals surface area contributed by atoms with Crippen LogP contribution in [0.4, 0.5) is 5.95 Å². The third-order valence-electron chi connectivity index (χ3n) is 3.74. The molecule has 1 aromatic carbocycles. The molecule has 0 aliphatic rings. The van der Waals surface area contributed by atoms with Crippen molar-refractivity contribution in [1.29, 1.82) is 0 Å². The van der Waals surface area contributed by atoms with Gasteiger partial charge in [-0.05, 0) is 36.8 Å². The molecule has 3 aromatic rings. The number of anilines is 1. The molecule has 26 heavy (non-hydrogen) atoms. The number of amides is 1. The molecule has 0 aliphatic carbocycles. The Balaban J connectivity index is 1.60. The van der Waals surface area contributed by atoms with Crippen LogP contribution in [0.5, 0.6) is 0 Å². The number of nitrogens with zero attached hydrogens (tertiary/aromatic N) is 2. The van der Waals surface area contributed by atoms with E-state index >= 15 is 0 Å². The number of benzene rings is 1. The largest absolute Gasteiger partial charge is 0.352 e. The number of aromatic nitrogens is 3. The minimum atomic E-state index is -0.419. The van der Waals surface area contributed by atoms with Gasteiger partial charge >= 0.3 is 0 Å². The van der Waals surface area contributed by atoms with Crippen LogP contribution in [-0.4, -0.2) is 33.9 Å². The first-order valence-corrected chi connectivity index (χ1v) is 8.23. The summed E-state index contributed by atoms with van der Waals surface area (Å²) >= 11 is 0. The zero-order chi connectivity index (χ0) is 18.4. The molecule has 7 heteroatoms. The molecule has 0 saturated heterocycles. The van der Waals surface area contributed by atoms with Crippen molar-refractivity contribution in [1.82, 2.24) is 20.3 Å². The van der Waals surface area contributed by atoms with Crippen LogP contribution in [0.1, 0.15) is 15.9 Å². The van der Waals surface area contributed by atoms with Crippen LogP contribution in [0, 0.1) is 6.92 Å². The summed E-state index contributed by atoms with van der Waals surface area (Å²) < 4.78 is 0. The fraction of sp³-hybridized carbons (Fsp3) is 0.158. The number of hydrogen-bond donors (Lipinski definition) is 3. The highest BCUT2D eigenvalue weighted by Gasteiger charge is 2.11. The number of carbonyl (C=O) groups excluding carboxylic acids is 1. The van der Waals surface area contributed by atoms with Gasteiger partial charge in [-0.15, -0.1) is 0 Å². The molecule has 132 valence electrons. The molecule has 0 bridgehead atoms. The first-order chi connectivity index (χ1) is 12.6. The van der Waals surface area contributed by atoms with Crippen LogP contribution < -0.4 is 16.2 Å². The van der Waals surface area contributed by atoms with E-state index in [-0.39, 0.29) is 5.56 Å². The number of carbonyl (C=O) groups is 1. The van der Waals surface area contributed by atoms with Crippen LogP contribution in [0.2, 0.25) is 0 Å². The van der Waals surface area contributed by atoms with Gasteiger partial charge in [-0.3, -0.25) is 9.59 Å². The molecule has 7 nitrogen and oxygen atoms in total. The summed E-state index contributed by atoms with van der Waals surface area (Å²) in [5.74, 6) is 0.0694. The monoisotopic (exact) mass is 349 g/mol. The molecule has 0 saturated carbocycles. The third-order valence-corrected chi connectivity index (χ3v) is 3.74. The minimum absolute atomic E-state index is 0.0809. The number of aromatic amines is 1. The number of aryl methyl sites for hydroxylation is 1. The fourth-order valence-corrected chi connectivity index (χ4v) is 2.47. The summed E-state index contributed by atoms with van der Waals surface area (Å²) in [5, 5.41) is 5.68. The Morgan fingerprint density at radius 2 is 1.88 bits per heavy atom. The highest BCUT2D eigenvalue weighted by molar-refractivity contribution is 5.94. The van der Waals surface area contributed by atoms with E-state index in [9.17, 15) is 9.59 Å². The molecular formula is C19H19N5O2. The highest BCUT2D eigenvalue weighted by Crippen LogP contribution is 2.16. The molecule has 2 heterocycles. The van der Waals surface area contributed by atoms with E-state index in [4.69, 9.17) is 0 Å². The lowest BCUT2D eigenvalue weighted by molar-refractivity contribution is 0.0953. The van der Waals surface area contributed by atoms with Gasteiger partial charge in [0.2, 0.25) is 5.95 Å². The molecule has 0 aliphatic heterocycles. The fourth-order valence-electron chi connectivity index (χ4n) is 2.47. The summed E-state index contributed by atoms with van der Waals surface area (Å²) in [5.41, 5.74) is 2.34. The second-order valence-electron chi connectivity index (χ2n) is 5.74. The lowest BCUT2D eigenvalue weighted by Crippen LogP contribution is -2.33. The maximum Gasteiger partial charge on any atom is 0.261 e. The second-order valence-corrected chi connectivity index (χ2v) is 5.74. The SMILES string of the molecule is Cc1cccc(-c2ccc(C(=O)NCCNc3ncccn3)c(=O)[nH]2)c1. The zero-order valence-corrected chi connectivity index (χ0v) is 14.3. The van der Waals surface area contributed by atoms with Crippen molar-refractivity contribution in [2.75, 3.05) is 18.4 Å². The Morgan fingerprint density at radius 3 is 2.62 bits per heavy atom. The number of rotatable bonds is 6. The van der Waals surface area contributed by atoms with E-state index < -0.39 is 11.5 Å². The zero-order valence-electron chi connectivity index (χ0n) is 14.3. The van der Waals surface area contributed by atoms with Crippen molar-refractivity contribution in [2.24, 2.45) is 0 Å². The maximum atomic E-state index is 12.2. The molecule has 0 radical (unpaired) electrons. The molecular weight excluding hydrogens is 330 g/mol. The number of H-pyrrole nitrogens is 1. The molecule has 1 amide bonds. The Labute approximate surface area is 150 Å². The summed E-state index contributed by atoms with van der Waals surface area (Å²) in [4.78, 5) is 35.2. The highest BCUT2D eigenvalue weighted by atomic mass is 16.2. The van der Waals surface area contributed by atoms with Gasteiger partial charge in [0.15, 0.2) is 0 Å². The molecule has 0 atom stereocenters. The van der Waals surface area contributed by atoms with Crippen LogP contribution in [-0.2, 0) is 0 Å². The molecule has 3 rings (SSSR count). The molecule has 0 spiro atoms. The van der Waals surface area contributed by atoms with Crippen molar-refractivity contribution in [3.05, 3.63) is 76.3 Å². The van der Waals surface area contributed by atoms with E-state index in [1.54, 1.807) is 30.6 Å². The molecule has 0 unspecified atom stereocenters. The van der Waals surface area contributed by atoms with E-state index in [0.717, 1.165) is 11.1 Å². The molecule has 0 fully saturated rings. The van der Waals surface area contributed by atoms with E-state index in [2.05, 4.69) is 25.6 Å². The van der Waals surface area contributed by atoms with Crippen LogP contribution >= 0.6 is 0 Å². The first kappa shape index (κ1) is 17.3. The quantitative estimate of drug-likeness (QED) is 0.591. The van der Waals surface area contributed by atoms with E-state index in [0.29, 0.717) is 24.7 Å². The summed E-state index contributed by atoms with van der Waals surface area (Å²) in [6.45, 7) is 2.78.